The molecule has 1 aliphatic heterocycles. The Hall–Kier alpha value is -3.20. The molecule has 1 fully saturated rings. The van der Waals surface area contributed by atoms with Gasteiger partial charge in [-0.1, -0.05) is 60.7 Å². The predicted molar refractivity (Wildman–Crippen MR) is 138 cm³/mol. The van der Waals surface area contributed by atoms with E-state index < -0.39 is 10.0 Å². The van der Waals surface area contributed by atoms with E-state index in [1.807, 2.05) is 65.6 Å². The first-order chi connectivity index (χ1) is 17.5. The highest BCUT2D eigenvalue weighted by Crippen LogP contribution is 2.26. The molecule has 4 rings (SSSR count). The minimum absolute atomic E-state index is 0.00815. The molecule has 0 bridgehead atoms. The lowest BCUT2D eigenvalue weighted by Crippen LogP contribution is -2.40. The standard InChI is InChI=1S/C28H32N2O5S/c1-34-27-14-13-26(36(32,33)30-16-18-35-19-17-30)20-25(27)12-15-28(31)29(21-23-8-4-2-5-9-23)22-24-10-6-3-7-11-24/h2-11,13-14,20H,12,15-19,21-22H2,1H3. The monoisotopic (exact) mass is 508 g/mol. The van der Waals surface area contributed by atoms with Crippen molar-refractivity contribution in [1.82, 2.24) is 9.21 Å². The lowest BCUT2D eigenvalue weighted by atomic mass is 10.1. The van der Waals surface area contributed by atoms with Crippen LogP contribution in [0.4, 0.5) is 0 Å². The molecule has 0 aliphatic carbocycles. The van der Waals surface area contributed by atoms with Crippen LogP contribution < -0.4 is 4.74 Å². The Labute approximate surface area is 213 Å². The van der Waals surface area contributed by atoms with Gasteiger partial charge in [0.05, 0.1) is 25.2 Å². The number of hydrogen-bond acceptors (Lipinski definition) is 5. The number of rotatable bonds is 10. The van der Waals surface area contributed by atoms with Gasteiger partial charge in [-0.3, -0.25) is 4.79 Å². The van der Waals surface area contributed by atoms with Crippen molar-refractivity contribution in [3.63, 3.8) is 0 Å². The van der Waals surface area contributed by atoms with E-state index in [9.17, 15) is 13.2 Å². The van der Waals surface area contributed by atoms with Gasteiger partial charge in [-0.25, -0.2) is 8.42 Å². The van der Waals surface area contributed by atoms with E-state index in [4.69, 9.17) is 9.47 Å². The van der Waals surface area contributed by atoms with E-state index in [-0.39, 0.29) is 17.2 Å². The predicted octanol–water partition coefficient (Wildman–Crippen LogP) is 3.88. The zero-order valence-corrected chi connectivity index (χ0v) is 21.3. The molecule has 0 N–H and O–H groups in total. The third-order valence-electron chi connectivity index (χ3n) is 6.25. The van der Waals surface area contributed by atoms with Crippen LogP contribution in [-0.2, 0) is 39.1 Å². The van der Waals surface area contributed by atoms with Gasteiger partial charge in [0.2, 0.25) is 15.9 Å². The van der Waals surface area contributed by atoms with E-state index in [2.05, 4.69) is 0 Å². The number of amides is 1. The fourth-order valence-corrected chi connectivity index (χ4v) is 5.75. The van der Waals surface area contributed by atoms with Crippen molar-refractivity contribution in [3.8, 4) is 5.75 Å². The summed E-state index contributed by atoms with van der Waals surface area (Å²) in [5.74, 6) is 0.563. The van der Waals surface area contributed by atoms with Crippen molar-refractivity contribution < 1.29 is 22.7 Å². The Morgan fingerprint density at radius 1 is 0.917 bits per heavy atom. The number of ether oxygens (including phenoxy) is 2. The highest BCUT2D eigenvalue weighted by atomic mass is 32.2. The van der Waals surface area contributed by atoms with Crippen molar-refractivity contribution in [2.24, 2.45) is 0 Å². The highest BCUT2D eigenvalue weighted by molar-refractivity contribution is 7.89. The minimum Gasteiger partial charge on any atom is -0.496 e. The molecule has 0 unspecified atom stereocenters. The van der Waals surface area contributed by atoms with Crippen LogP contribution in [-0.4, -0.2) is 56.9 Å². The number of aryl methyl sites for hydroxylation is 1. The van der Waals surface area contributed by atoms with Crippen LogP contribution in [0, 0.1) is 0 Å². The quantitative estimate of drug-likeness (QED) is 0.416. The van der Waals surface area contributed by atoms with Crippen LogP contribution in [0.1, 0.15) is 23.1 Å². The zero-order valence-electron chi connectivity index (χ0n) is 20.5. The van der Waals surface area contributed by atoms with Crippen molar-refractivity contribution in [3.05, 3.63) is 95.6 Å². The molecule has 36 heavy (non-hydrogen) atoms. The summed E-state index contributed by atoms with van der Waals surface area (Å²) in [5, 5.41) is 0. The van der Waals surface area contributed by atoms with Gasteiger partial charge in [0.25, 0.3) is 0 Å². The first-order valence-electron chi connectivity index (χ1n) is 12.1. The van der Waals surface area contributed by atoms with Crippen LogP contribution in [0.3, 0.4) is 0 Å². The second kappa shape index (κ2) is 12.2. The minimum atomic E-state index is -3.64. The molecule has 1 saturated heterocycles. The molecule has 7 nitrogen and oxygen atoms in total. The largest absolute Gasteiger partial charge is 0.496 e. The third kappa shape index (κ3) is 6.51. The van der Waals surface area contributed by atoms with Gasteiger partial charge in [0.15, 0.2) is 0 Å². The second-order valence-corrected chi connectivity index (χ2v) is 10.6. The Morgan fingerprint density at radius 3 is 2.06 bits per heavy atom. The summed E-state index contributed by atoms with van der Waals surface area (Å²) >= 11 is 0. The van der Waals surface area contributed by atoms with Gasteiger partial charge in [-0.05, 0) is 41.3 Å². The molecule has 3 aromatic carbocycles. The molecule has 8 heteroatoms. The number of carbonyl (C=O) groups is 1. The number of sulfonamides is 1. The average molecular weight is 509 g/mol. The molecule has 0 aromatic heterocycles. The van der Waals surface area contributed by atoms with Crippen LogP contribution in [0.2, 0.25) is 0 Å². The first kappa shape index (κ1) is 25.9. The molecule has 0 saturated carbocycles. The summed E-state index contributed by atoms with van der Waals surface area (Å²) in [5.41, 5.74) is 2.80. The lowest BCUT2D eigenvalue weighted by Gasteiger charge is -2.26. The van der Waals surface area contributed by atoms with Gasteiger partial charge in [-0.15, -0.1) is 0 Å². The molecule has 0 spiro atoms. The number of methoxy groups -OCH3 is 1. The zero-order chi connectivity index (χ0) is 25.4. The summed E-state index contributed by atoms with van der Waals surface area (Å²) in [6.45, 7) is 2.42. The molecule has 1 aliphatic rings. The lowest BCUT2D eigenvalue weighted by molar-refractivity contribution is -0.132. The number of nitrogens with zero attached hydrogens (tertiary/aromatic N) is 2. The van der Waals surface area contributed by atoms with Crippen molar-refractivity contribution in [2.75, 3.05) is 33.4 Å². The van der Waals surface area contributed by atoms with E-state index in [1.165, 1.54) is 4.31 Å². The fourth-order valence-electron chi connectivity index (χ4n) is 4.29. The molecule has 1 heterocycles. The number of carbonyl (C=O) groups excluding carboxylic acids is 1. The van der Waals surface area contributed by atoms with Gasteiger partial charge >= 0.3 is 0 Å². The molecular formula is C28H32N2O5S. The van der Waals surface area contributed by atoms with E-state index >= 15 is 0 Å². The number of morpholine rings is 1. The Morgan fingerprint density at radius 2 is 1.50 bits per heavy atom. The molecule has 1 amide bonds. The Bertz CT molecular complexity index is 1200. The number of hydrogen-bond donors (Lipinski definition) is 0. The SMILES string of the molecule is COc1ccc(S(=O)(=O)N2CCOCC2)cc1CCC(=O)N(Cc1ccccc1)Cc1ccccc1. The van der Waals surface area contributed by atoms with Gasteiger partial charge in [0.1, 0.15) is 5.75 Å². The summed E-state index contributed by atoms with van der Waals surface area (Å²) in [7, 11) is -2.09. The second-order valence-electron chi connectivity index (χ2n) is 8.71. The smallest absolute Gasteiger partial charge is 0.243 e. The number of benzene rings is 3. The Kier molecular flexibility index (Phi) is 8.74. The highest BCUT2D eigenvalue weighted by Gasteiger charge is 2.27. The summed E-state index contributed by atoms with van der Waals surface area (Å²) < 4.78 is 38.5. The molecule has 0 radical (unpaired) electrons. The van der Waals surface area contributed by atoms with Crippen molar-refractivity contribution in [2.45, 2.75) is 30.8 Å². The molecule has 3 aromatic rings. The van der Waals surface area contributed by atoms with Crippen LogP contribution in [0.5, 0.6) is 5.75 Å². The van der Waals surface area contributed by atoms with Crippen LogP contribution in [0.15, 0.2) is 83.8 Å². The van der Waals surface area contributed by atoms with Crippen LogP contribution in [0.25, 0.3) is 0 Å². The van der Waals surface area contributed by atoms with E-state index in [0.717, 1.165) is 11.1 Å². The normalized spacial score (nSPS) is 14.4. The summed E-state index contributed by atoms with van der Waals surface area (Å²) in [6, 6.07) is 24.7. The van der Waals surface area contributed by atoms with Gasteiger partial charge in [0, 0.05) is 32.6 Å². The third-order valence-corrected chi connectivity index (χ3v) is 8.15. The topological polar surface area (TPSA) is 76.1 Å². The molecule has 190 valence electrons. The van der Waals surface area contributed by atoms with Gasteiger partial charge in [-0.2, -0.15) is 4.31 Å². The van der Waals surface area contributed by atoms with E-state index in [1.54, 1.807) is 25.3 Å². The molecular weight excluding hydrogens is 476 g/mol. The molecule has 0 atom stereocenters. The summed E-state index contributed by atoms with van der Waals surface area (Å²) in [6.07, 6.45) is 0.603. The fraction of sp³-hybridized carbons (Fsp3) is 0.321. The maximum atomic E-state index is 13.4. The summed E-state index contributed by atoms with van der Waals surface area (Å²) in [4.78, 5) is 15.4. The van der Waals surface area contributed by atoms with Crippen molar-refractivity contribution in [1.29, 1.82) is 0 Å². The van der Waals surface area contributed by atoms with E-state index in [0.29, 0.717) is 57.1 Å². The Balaban J connectivity index is 1.51. The van der Waals surface area contributed by atoms with Gasteiger partial charge < -0.3 is 14.4 Å². The first-order valence-corrected chi connectivity index (χ1v) is 13.5. The van der Waals surface area contributed by atoms with Crippen molar-refractivity contribution >= 4 is 15.9 Å². The maximum absolute atomic E-state index is 13.4. The average Bonchev–Trinajstić information content (AvgIpc) is 2.92. The van der Waals surface area contributed by atoms with Crippen LogP contribution >= 0.6 is 0 Å². The maximum Gasteiger partial charge on any atom is 0.243 e.